The first-order valence-electron chi connectivity index (χ1n) is 12.1. The van der Waals surface area contributed by atoms with Crippen LogP contribution in [0.25, 0.3) is 20.5 Å². The van der Waals surface area contributed by atoms with Crippen LogP contribution in [0.2, 0.25) is 5.02 Å². The molecule has 0 fully saturated rings. The van der Waals surface area contributed by atoms with Crippen molar-refractivity contribution >= 4 is 40.2 Å². The van der Waals surface area contributed by atoms with E-state index < -0.39 is 29.2 Å². The summed E-state index contributed by atoms with van der Waals surface area (Å²) in [6.07, 6.45) is 2.63. The first kappa shape index (κ1) is 28.0. The summed E-state index contributed by atoms with van der Waals surface area (Å²) in [5, 5.41) is 20.6. The van der Waals surface area contributed by atoms with Gasteiger partial charge in [0.05, 0.1) is 28.9 Å². The number of aromatic nitrogens is 5. The Morgan fingerprint density at radius 2 is 1.82 bits per heavy atom. The number of nitrogens with zero attached hydrogens (tertiary/aromatic N) is 5. The van der Waals surface area contributed by atoms with Gasteiger partial charge in [-0.25, -0.2) is 28.4 Å². The van der Waals surface area contributed by atoms with E-state index in [0.717, 1.165) is 33.3 Å². The van der Waals surface area contributed by atoms with Crippen molar-refractivity contribution in [3.05, 3.63) is 93.6 Å². The summed E-state index contributed by atoms with van der Waals surface area (Å²) in [4.78, 5) is 27.7. The second-order valence-corrected chi connectivity index (χ2v) is 11.6. The molecule has 13 heteroatoms. The molecule has 0 saturated heterocycles. The zero-order valence-electron chi connectivity index (χ0n) is 21.5. The van der Waals surface area contributed by atoms with Gasteiger partial charge in [0.1, 0.15) is 44.8 Å². The van der Waals surface area contributed by atoms with E-state index in [1.54, 1.807) is 26.0 Å². The number of carbonyl (C=O) groups excluding carboxylic acids is 1. The second-order valence-electron chi connectivity index (χ2n) is 9.21. The Morgan fingerprint density at radius 1 is 1.10 bits per heavy atom. The van der Waals surface area contributed by atoms with Crippen molar-refractivity contribution in [3.63, 3.8) is 0 Å². The van der Waals surface area contributed by atoms with E-state index in [2.05, 4.69) is 25.4 Å². The highest BCUT2D eigenvalue weighted by Crippen LogP contribution is 2.38. The van der Waals surface area contributed by atoms with Crippen LogP contribution in [0.4, 0.5) is 8.78 Å². The molecule has 0 saturated carbocycles. The van der Waals surface area contributed by atoms with Crippen molar-refractivity contribution in [3.8, 4) is 20.5 Å². The van der Waals surface area contributed by atoms with Crippen LogP contribution in [0.3, 0.4) is 0 Å². The van der Waals surface area contributed by atoms with Crippen LogP contribution in [0.1, 0.15) is 33.5 Å². The van der Waals surface area contributed by atoms with Gasteiger partial charge in [-0.3, -0.25) is 4.79 Å². The minimum absolute atomic E-state index is 0.186. The zero-order chi connectivity index (χ0) is 28.6. The van der Waals surface area contributed by atoms with Crippen LogP contribution >= 0.6 is 34.3 Å². The van der Waals surface area contributed by atoms with Crippen LogP contribution in [0, 0.1) is 25.5 Å². The quantitative estimate of drug-likeness (QED) is 0.234. The minimum atomic E-state index is -1.98. The molecule has 3 heterocycles. The smallest absolute Gasteiger partial charge is 0.263 e. The van der Waals surface area contributed by atoms with Crippen molar-refractivity contribution < 1.29 is 18.7 Å². The monoisotopic (exact) mass is 600 g/mol. The molecule has 206 valence electrons. The third-order valence-electron chi connectivity index (χ3n) is 6.42. The summed E-state index contributed by atoms with van der Waals surface area (Å²) in [6.45, 7) is 4.90. The lowest BCUT2D eigenvalue weighted by atomic mass is 9.86. The van der Waals surface area contributed by atoms with Gasteiger partial charge in [0.25, 0.3) is 5.91 Å². The van der Waals surface area contributed by atoms with Crippen LogP contribution < -0.4 is 5.32 Å². The summed E-state index contributed by atoms with van der Waals surface area (Å²) in [7, 11) is 0. The lowest BCUT2D eigenvalue weighted by molar-refractivity contribution is -0.0185. The summed E-state index contributed by atoms with van der Waals surface area (Å²) in [6, 6.07) is 9.25. The molecule has 2 aromatic carbocycles. The standard InChI is InChI=1S/C27H23ClF2N6O2S2/c1-14-22(39-26(34-14)23-15(2)33-25(40-23)17-4-6-18(28)7-5-17)24(37)35-16(3)27(38,11-36-13-31-12-32-36)20-9-8-19(29)10-21(20)30/h4-10,12-13,16,38H,11H2,1-3H3,(H,35,37)/t16-,27+/m0/s1. The molecule has 5 aromatic rings. The molecular weight excluding hydrogens is 578 g/mol. The molecule has 0 spiro atoms. The number of benzene rings is 2. The van der Waals surface area contributed by atoms with Gasteiger partial charge in [0, 0.05) is 22.2 Å². The molecule has 2 atom stereocenters. The van der Waals surface area contributed by atoms with Gasteiger partial charge >= 0.3 is 0 Å². The topological polar surface area (TPSA) is 106 Å². The van der Waals surface area contributed by atoms with Crippen molar-refractivity contribution in [2.75, 3.05) is 0 Å². The fraction of sp³-hybridized carbons (Fsp3) is 0.222. The zero-order valence-corrected chi connectivity index (χ0v) is 23.9. The van der Waals surface area contributed by atoms with Crippen LogP contribution in [0.15, 0.2) is 55.1 Å². The summed E-state index contributed by atoms with van der Waals surface area (Å²) in [5.74, 6) is -2.23. The molecule has 0 radical (unpaired) electrons. The maximum atomic E-state index is 14.9. The van der Waals surface area contributed by atoms with Crippen LogP contribution in [-0.4, -0.2) is 41.8 Å². The minimum Gasteiger partial charge on any atom is -0.381 e. The van der Waals surface area contributed by atoms with E-state index in [1.165, 1.54) is 40.0 Å². The van der Waals surface area contributed by atoms with E-state index in [0.29, 0.717) is 26.7 Å². The first-order chi connectivity index (χ1) is 19.0. The number of hydrogen-bond acceptors (Lipinski definition) is 8. The third kappa shape index (κ3) is 5.52. The Labute approximate surface area is 241 Å². The number of aryl methyl sites for hydroxylation is 2. The molecule has 0 aliphatic heterocycles. The highest BCUT2D eigenvalue weighted by Gasteiger charge is 2.40. The van der Waals surface area contributed by atoms with Crippen molar-refractivity contribution in [1.29, 1.82) is 0 Å². The Hall–Kier alpha value is -3.58. The molecular formula is C27H23ClF2N6O2S2. The third-order valence-corrected chi connectivity index (χ3v) is 9.18. The number of rotatable bonds is 8. The molecule has 1 amide bonds. The van der Waals surface area contributed by atoms with Gasteiger partial charge in [-0.05, 0) is 39.0 Å². The average Bonchev–Trinajstić information content (AvgIpc) is 3.64. The van der Waals surface area contributed by atoms with Crippen LogP contribution in [-0.2, 0) is 12.1 Å². The Bertz CT molecular complexity index is 1670. The number of aliphatic hydroxyl groups is 1. The molecule has 8 nitrogen and oxygen atoms in total. The SMILES string of the molecule is Cc1nc(-c2sc(-c3ccc(Cl)cc3)nc2C)sc1C(=O)N[C@@H](C)[C@](O)(Cn1cncn1)c1ccc(F)cc1F. The van der Waals surface area contributed by atoms with Crippen molar-refractivity contribution in [2.45, 2.75) is 39.0 Å². The second kappa shape index (κ2) is 11.1. The largest absolute Gasteiger partial charge is 0.381 e. The van der Waals surface area contributed by atoms with Gasteiger partial charge in [-0.2, -0.15) is 5.10 Å². The summed E-state index contributed by atoms with van der Waals surface area (Å²) in [5.41, 5.74) is 0.0263. The van der Waals surface area contributed by atoms with Gasteiger partial charge in [0.15, 0.2) is 0 Å². The molecule has 0 aliphatic rings. The lowest BCUT2D eigenvalue weighted by Gasteiger charge is -2.35. The maximum absolute atomic E-state index is 14.9. The van der Waals surface area contributed by atoms with Crippen molar-refractivity contribution in [1.82, 2.24) is 30.0 Å². The van der Waals surface area contributed by atoms with E-state index in [4.69, 9.17) is 11.6 Å². The normalized spacial score (nSPS) is 13.7. The fourth-order valence-electron chi connectivity index (χ4n) is 4.25. The van der Waals surface area contributed by atoms with E-state index in [9.17, 15) is 18.7 Å². The molecule has 0 unspecified atom stereocenters. The molecule has 3 aromatic heterocycles. The number of hydrogen-bond donors (Lipinski definition) is 2. The maximum Gasteiger partial charge on any atom is 0.263 e. The average molecular weight is 601 g/mol. The highest BCUT2D eigenvalue weighted by molar-refractivity contribution is 7.24. The van der Waals surface area contributed by atoms with Gasteiger partial charge < -0.3 is 10.4 Å². The predicted molar refractivity (Wildman–Crippen MR) is 150 cm³/mol. The van der Waals surface area contributed by atoms with Gasteiger partial charge in [0.2, 0.25) is 0 Å². The van der Waals surface area contributed by atoms with Gasteiger partial charge in [-0.1, -0.05) is 29.8 Å². The lowest BCUT2D eigenvalue weighted by Crippen LogP contribution is -2.51. The fourth-order valence-corrected chi connectivity index (χ4v) is 6.55. The molecule has 40 heavy (non-hydrogen) atoms. The number of halogens is 3. The Morgan fingerprint density at radius 3 is 2.50 bits per heavy atom. The van der Waals surface area contributed by atoms with Gasteiger partial charge in [-0.15, -0.1) is 22.7 Å². The predicted octanol–water partition coefficient (Wildman–Crippen LogP) is 5.78. The summed E-state index contributed by atoms with van der Waals surface area (Å²) < 4.78 is 29.8. The van der Waals surface area contributed by atoms with Crippen LogP contribution in [0.5, 0.6) is 0 Å². The number of thiazole rings is 2. The first-order valence-corrected chi connectivity index (χ1v) is 14.1. The molecule has 0 aliphatic carbocycles. The Kier molecular flexibility index (Phi) is 7.78. The van der Waals surface area contributed by atoms with E-state index >= 15 is 0 Å². The Balaban J connectivity index is 1.42. The number of nitrogens with one attached hydrogen (secondary N) is 1. The molecule has 0 bridgehead atoms. The van der Waals surface area contributed by atoms with E-state index in [-0.39, 0.29) is 12.1 Å². The number of carbonyl (C=O) groups is 1. The summed E-state index contributed by atoms with van der Waals surface area (Å²) >= 11 is 8.67. The molecule has 5 rings (SSSR count). The molecule has 2 N–H and O–H groups in total. The number of amides is 1. The van der Waals surface area contributed by atoms with Crippen molar-refractivity contribution in [2.24, 2.45) is 0 Å². The highest BCUT2D eigenvalue weighted by atomic mass is 35.5. The van der Waals surface area contributed by atoms with E-state index in [1.807, 2.05) is 19.1 Å².